The molecule has 0 aromatic carbocycles. The van der Waals surface area contributed by atoms with Gasteiger partial charge in [0.15, 0.2) is 0 Å². The molecule has 3 radical (unpaired) electrons. The van der Waals surface area contributed by atoms with Gasteiger partial charge in [-0.15, -0.1) is 0 Å². The Kier molecular flexibility index (Phi) is 1.92. The third-order valence-electron chi connectivity index (χ3n) is 1.76. The zero-order valence-corrected chi connectivity index (χ0v) is 5.61. The van der Waals surface area contributed by atoms with Gasteiger partial charge in [0.1, 0.15) is 0 Å². The lowest BCUT2D eigenvalue weighted by Gasteiger charge is -1.99. The molecule has 0 aliphatic heterocycles. The average Bonchev–Trinajstić information content (AvgIpc) is 2.14. The van der Waals surface area contributed by atoms with E-state index in [4.69, 9.17) is 0 Å². The van der Waals surface area contributed by atoms with E-state index in [1.54, 1.807) is 0 Å². The molecular formula is C6H11Si. The number of hydrogen-bond acceptors (Lipinski definition) is 0. The van der Waals surface area contributed by atoms with Gasteiger partial charge in [-0.05, 0) is 5.92 Å². The van der Waals surface area contributed by atoms with Gasteiger partial charge in [-0.2, -0.15) is 0 Å². The van der Waals surface area contributed by atoms with Gasteiger partial charge in [0.05, 0.1) is 0 Å². The summed E-state index contributed by atoms with van der Waals surface area (Å²) < 4.78 is 0. The second-order valence-electron chi connectivity index (χ2n) is 2.35. The van der Waals surface area contributed by atoms with Crippen molar-refractivity contribution in [3.05, 3.63) is 0 Å². The highest BCUT2D eigenvalue weighted by atomic mass is 28.1. The molecule has 1 rings (SSSR count). The first-order valence-electron chi connectivity index (χ1n) is 3.08. The topological polar surface area (TPSA) is 0 Å². The molecule has 0 heterocycles. The van der Waals surface area contributed by atoms with Crippen molar-refractivity contribution in [3.63, 3.8) is 0 Å². The first-order valence-corrected chi connectivity index (χ1v) is 3.79. The van der Waals surface area contributed by atoms with E-state index in [9.17, 15) is 0 Å². The van der Waals surface area contributed by atoms with Crippen LogP contribution in [0.1, 0.15) is 25.7 Å². The van der Waals surface area contributed by atoms with Crippen LogP contribution in [0.5, 0.6) is 0 Å². The van der Waals surface area contributed by atoms with Gasteiger partial charge in [-0.25, -0.2) is 0 Å². The molecule has 7 heavy (non-hydrogen) atoms. The maximum atomic E-state index is 3.52. The lowest BCUT2D eigenvalue weighted by Crippen LogP contribution is -1.88. The van der Waals surface area contributed by atoms with Gasteiger partial charge in [0, 0.05) is 10.2 Å². The fraction of sp³-hybridized carbons (Fsp3) is 1.00. The van der Waals surface area contributed by atoms with Crippen molar-refractivity contribution in [2.24, 2.45) is 5.92 Å². The predicted molar refractivity (Wildman–Crippen MR) is 32.5 cm³/mol. The Labute approximate surface area is 48.7 Å². The number of rotatable bonds is 1. The summed E-state index contributed by atoms with van der Waals surface area (Å²) in [6.07, 6.45) is 5.86. The van der Waals surface area contributed by atoms with Crippen LogP contribution in [0, 0.1) is 5.92 Å². The van der Waals surface area contributed by atoms with Gasteiger partial charge >= 0.3 is 0 Å². The summed E-state index contributed by atoms with van der Waals surface area (Å²) in [5.74, 6) is 1.01. The molecule has 1 fully saturated rings. The first-order chi connectivity index (χ1) is 3.43. The SMILES string of the molecule is [Si]CC1CCCC1. The second-order valence-corrected chi connectivity index (χ2v) is 2.76. The summed E-state index contributed by atoms with van der Waals surface area (Å²) in [6.45, 7) is 0. The normalized spacial score (nSPS) is 23.6. The van der Waals surface area contributed by atoms with Crippen LogP contribution in [0.15, 0.2) is 0 Å². The smallest absolute Gasteiger partial charge is 0.0225 e. The van der Waals surface area contributed by atoms with Crippen LogP contribution < -0.4 is 0 Å². The molecule has 0 saturated heterocycles. The lowest BCUT2D eigenvalue weighted by molar-refractivity contribution is 0.611. The van der Waals surface area contributed by atoms with Crippen molar-refractivity contribution in [1.82, 2.24) is 0 Å². The fourth-order valence-corrected chi connectivity index (χ4v) is 1.62. The molecule has 1 aliphatic rings. The summed E-state index contributed by atoms with van der Waals surface area (Å²) in [5, 5.41) is 0. The summed E-state index contributed by atoms with van der Waals surface area (Å²) >= 11 is 0. The van der Waals surface area contributed by atoms with Gasteiger partial charge in [-0.1, -0.05) is 31.7 Å². The Morgan fingerprint density at radius 1 is 1.29 bits per heavy atom. The van der Waals surface area contributed by atoms with Crippen molar-refractivity contribution < 1.29 is 0 Å². The Bertz CT molecular complexity index is 46.1. The molecule has 0 unspecified atom stereocenters. The Morgan fingerprint density at radius 3 is 2.14 bits per heavy atom. The highest BCUT2D eigenvalue weighted by molar-refractivity contribution is 6.08. The molecule has 0 amide bonds. The van der Waals surface area contributed by atoms with E-state index >= 15 is 0 Å². The van der Waals surface area contributed by atoms with E-state index in [0.717, 1.165) is 5.92 Å². The maximum absolute atomic E-state index is 3.52. The minimum Gasteiger partial charge on any atom is -0.0609 e. The zero-order chi connectivity index (χ0) is 5.11. The Balaban J connectivity index is 2.14. The molecule has 1 aliphatic carbocycles. The van der Waals surface area contributed by atoms with Crippen LogP contribution in [-0.4, -0.2) is 10.2 Å². The molecule has 0 nitrogen and oxygen atoms in total. The second kappa shape index (κ2) is 2.51. The average molecular weight is 111 g/mol. The molecule has 0 aromatic heterocycles. The monoisotopic (exact) mass is 111 g/mol. The Morgan fingerprint density at radius 2 is 1.86 bits per heavy atom. The first kappa shape index (κ1) is 5.36. The van der Waals surface area contributed by atoms with E-state index in [2.05, 4.69) is 10.2 Å². The van der Waals surface area contributed by atoms with Gasteiger partial charge in [0.25, 0.3) is 0 Å². The third-order valence-corrected chi connectivity index (χ3v) is 2.34. The molecule has 0 aromatic rings. The van der Waals surface area contributed by atoms with Crippen LogP contribution in [0.2, 0.25) is 6.04 Å². The molecular weight excluding hydrogens is 100 g/mol. The minimum atomic E-state index is 1.01. The zero-order valence-electron chi connectivity index (χ0n) is 4.61. The molecule has 1 heteroatoms. The van der Waals surface area contributed by atoms with E-state index in [-0.39, 0.29) is 0 Å². The van der Waals surface area contributed by atoms with Gasteiger partial charge in [-0.3, -0.25) is 0 Å². The summed E-state index contributed by atoms with van der Waals surface area (Å²) in [6, 6.07) is 1.22. The lowest BCUT2D eigenvalue weighted by atomic mass is 10.1. The third kappa shape index (κ3) is 1.30. The van der Waals surface area contributed by atoms with E-state index in [0.29, 0.717) is 0 Å². The van der Waals surface area contributed by atoms with Gasteiger partial charge in [0.2, 0.25) is 0 Å². The highest BCUT2D eigenvalue weighted by Crippen LogP contribution is 2.26. The summed E-state index contributed by atoms with van der Waals surface area (Å²) in [4.78, 5) is 0. The van der Waals surface area contributed by atoms with Crippen molar-refractivity contribution in [2.75, 3.05) is 0 Å². The van der Waals surface area contributed by atoms with E-state index in [1.807, 2.05) is 0 Å². The largest absolute Gasteiger partial charge is 0.0609 e. The van der Waals surface area contributed by atoms with Crippen LogP contribution >= 0.6 is 0 Å². The van der Waals surface area contributed by atoms with Crippen LogP contribution in [0.3, 0.4) is 0 Å². The molecule has 0 N–H and O–H groups in total. The van der Waals surface area contributed by atoms with Crippen LogP contribution in [0.25, 0.3) is 0 Å². The van der Waals surface area contributed by atoms with Crippen molar-refractivity contribution >= 4 is 10.2 Å². The summed E-state index contributed by atoms with van der Waals surface area (Å²) in [5.41, 5.74) is 0. The highest BCUT2D eigenvalue weighted by Gasteiger charge is 2.11. The standard InChI is InChI=1S/C6H11Si/c7-5-6-3-1-2-4-6/h6H,1-5H2. The molecule has 0 bridgehead atoms. The fourth-order valence-electron chi connectivity index (χ4n) is 1.21. The van der Waals surface area contributed by atoms with Crippen molar-refractivity contribution in [1.29, 1.82) is 0 Å². The molecule has 1 saturated carbocycles. The van der Waals surface area contributed by atoms with Crippen LogP contribution in [0.4, 0.5) is 0 Å². The molecule has 0 spiro atoms. The Hall–Kier alpha value is 0.217. The number of hydrogen-bond donors (Lipinski definition) is 0. The van der Waals surface area contributed by atoms with E-state index in [1.165, 1.54) is 31.7 Å². The van der Waals surface area contributed by atoms with Gasteiger partial charge < -0.3 is 0 Å². The minimum absolute atomic E-state index is 1.01. The maximum Gasteiger partial charge on any atom is 0.0225 e. The van der Waals surface area contributed by atoms with Crippen molar-refractivity contribution in [3.8, 4) is 0 Å². The molecule has 39 valence electrons. The van der Waals surface area contributed by atoms with E-state index < -0.39 is 0 Å². The quantitative estimate of drug-likeness (QED) is 0.452. The van der Waals surface area contributed by atoms with Crippen molar-refractivity contribution in [2.45, 2.75) is 31.7 Å². The predicted octanol–water partition coefficient (Wildman–Crippen LogP) is 1.76. The molecule has 0 atom stereocenters. The van der Waals surface area contributed by atoms with Crippen LogP contribution in [-0.2, 0) is 0 Å². The summed E-state index contributed by atoms with van der Waals surface area (Å²) in [7, 11) is 3.52.